The van der Waals surface area contributed by atoms with Crippen LogP contribution >= 0.6 is 0 Å². The Bertz CT molecular complexity index is 634. The molecule has 0 bridgehead atoms. The summed E-state index contributed by atoms with van der Waals surface area (Å²) in [5, 5.41) is 3.35. The third-order valence-electron chi connectivity index (χ3n) is 3.68. The van der Waals surface area contributed by atoms with Crippen LogP contribution < -0.4 is 14.8 Å². The molecular formula is C15H19N3O2. The van der Waals surface area contributed by atoms with Gasteiger partial charge in [0.05, 0.1) is 25.6 Å². The van der Waals surface area contributed by atoms with Crippen LogP contribution in [0.1, 0.15) is 17.2 Å². The number of benzene rings is 1. The van der Waals surface area contributed by atoms with E-state index in [4.69, 9.17) is 9.47 Å². The predicted octanol–water partition coefficient (Wildman–Crippen LogP) is 1.84. The molecule has 0 unspecified atom stereocenters. The fourth-order valence-electron chi connectivity index (χ4n) is 2.74. The topological polar surface area (TPSA) is 48.3 Å². The lowest BCUT2D eigenvalue weighted by molar-refractivity contribution is 0.401. The highest BCUT2D eigenvalue weighted by molar-refractivity contribution is 5.53. The summed E-state index contributed by atoms with van der Waals surface area (Å²) in [5.41, 5.74) is 3.37. The minimum Gasteiger partial charge on any atom is -0.497 e. The van der Waals surface area contributed by atoms with Gasteiger partial charge in [0.25, 0.3) is 0 Å². The molecule has 0 saturated heterocycles. The number of methoxy groups -OCH3 is 2. The zero-order valence-electron chi connectivity index (χ0n) is 12.1. The van der Waals surface area contributed by atoms with Crippen molar-refractivity contribution in [3.8, 4) is 17.2 Å². The molecule has 3 rings (SSSR count). The van der Waals surface area contributed by atoms with Gasteiger partial charge in [-0.1, -0.05) is 0 Å². The Hall–Kier alpha value is -2.01. The number of rotatable bonds is 3. The number of hydrogen-bond donors (Lipinski definition) is 1. The molecule has 1 aliphatic rings. The Morgan fingerprint density at radius 2 is 2.10 bits per heavy atom. The van der Waals surface area contributed by atoms with Crippen molar-refractivity contribution in [2.24, 2.45) is 0 Å². The Labute approximate surface area is 118 Å². The fraction of sp³-hybridized carbons (Fsp3) is 0.400. The van der Waals surface area contributed by atoms with Crippen LogP contribution in [0.5, 0.6) is 11.5 Å². The van der Waals surface area contributed by atoms with Gasteiger partial charge < -0.3 is 14.8 Å². The van der Waals surface area contributed by atoms with Crippen LogP contribution in [-0.4, -0.2) is 30.3 Å². The number of hydrogen-bond acceptors (Lipinski definition) is 4. The van der Waals surface area contributed by atoms with E-state index in [1.807, 2.05) is 25.1 Å². The molecule has 0 atom stereocenters. The van der Waals surface area contributed by atoms with E-state index < -0.39 is 0 Å². The fourth-order valence-corrected chi connectivity index (χ4v) is 2.74. The number of aromatic nitrogens is 2. The third kappa shape index (κ3) is 2.04. The van der Waals surface area contributed by atoms with Crippen molar-refractivity contribution in [3.63, 3.8) is 0 Å². The van der Waals surface area contributed by atoms with Crippen LogP contribution in [0, 0.1) is 6.92 Å². The molecule has 0 amide bonds. The second-order valence-corrected chi connectivity index (χ2v) is 4.85. The van der Waals surface area contributed by atoms with E-state index in [0.29, 0.717) is 0 Å². The van der Waals surface area contributed by atoms with Crippen LogP contribution in [0.3, 0.4) is 0 Å². The normalized spacial score (nSPS) is 13.9. The Kier molecular flexibility index (Phi) is 3.36. The molecule has 1 aromatic heterocycles. The first-order chi connectivity index (χ1) is 9.74. The number of nitrogens with zero attached hydrogens (tertiary/aromatic N) is 2. The molecule has 5 heteroatoms. The van der Waals surface area contributed by atoms with Crippen molar-refractivity contribution in [2.45, 2.75) is 19.9 Å². The highest BCUT2D eigenvalue weighted by atomic mass is 16.5. The van der Waals surface area contributed by atoms with Crippen molar-refractivity contribution in [2.75, 3.05) is 20.8 Å². The average molecular weight is 273 g/mol. The zero-order chi connectivity index (χ0) is 14.1. The molecule has 1 N–H and O–H groups in total. The van der Waals surface area contributed by atoms with E-state index in [0.717, 1.165) is 48.2 Å². The molecule has 0 radical (unpaired) electrons. The van der Waals surface area contributed by atoms with Crippen LogP contribution in [0.4, 0.5) is 0 Å². The van der Waals surface area contributed by atoms with Gasteiger partial charge in [0.2, 0.25) is 0 Å². The van der Waals surface area contributed by atoms with Crippen LogP contribution in [0.25, 0.3) is 5.69 Å². The molecule has 0 fully saturated rings. The molecule has 0 saturated carbocycles. The van der Waals surface area contributed by atoms with Gasteiger partial charge in [-0.3, -0.25) is 4.57 Å². The summed E-state index contributed by atoms with van der Waals surface area (Å²) in [6.45, 7) is 3.83. The molecule has 1 aliphatic heterocycles. The predicted molar refractivity (Wildman–Crippen MR) is 76.8 cm³/mol. The van der Waals surface area contributed by atoms with Crippen LogP contribution in [0.15, 0.2) is 18.2 Å². The van der Waals surface area contributed by atoms with Crippen LogP contribution in [0.2, 0.25) is 0 Å². The van der Waals surface area contributed by atoms with Crippen LogP contribution in [-0.2, 0) is 13.0 Å². The largest absolute Gasteiger partial charge is 0.497 e. The third-order valence-corrected chi connectivity index (χ3v) is 3.68. The molecular weight excluding hydrogens is 254 g/mol. The number of imidazole rings is 1. The molecule has 106 valence electrons. The molecule has 2 heterocycles. The SMILES string of the molecule is COc1ccc(OC)c(-n2c(C)nc3c2CCNC3)c1. The Morgan fingerprint density at radius 3 is 2.85 bits per heavy atom. The molecule has 0 spiro atoms. The van der Waals surface area contributed by atoms with Gasteiger partial charge in [0.15, 0.2) is 0 Å². The van der Waals surface area contributed by atoms with E-state index in [-0.39, 0.29) is 0 Å². The maximum Gasteiger partial charge on any atom is 0.143 e. The zero-order valence-corrected chi connectivity index (χ0v) is 12.1. The maximum absolute atomic E-state index is 5.49. The van der Waals surface area contributed by atoms with E-state index >= 15 is 0 Å². The number of nitrogens with one attached hydrogen (secondary N) is 1. The molecule has 5 nitrogen and oxygen atoms in total. The highest BCUT2D eigenvalue weighted by Crippen LogP contribution is 2.31. The summed E-state index contributed by atoms with van der Waals surface area (Å²) in [5.74, 6) is 2.62. The smallest absolute Gasteiger partial charge is 0.143 e. The second-order valence-electron chi connectivity index (χ2n) is 4.85. The monoisotopic (exact) mass is 273 g/mol. The summed E-state index contributed by atoms with van der Waals surface area (Å²) >= 11 is 0. The van der Waals surface area contributed by atoms with Gasteiger partial charge in [-0.25, -0.2) is 4.98 Å². The van der Waals surface area contributed by atoms with Gasteiger partial charge in [-0.2, -0.15) is 0 Å². The van der Waals surface area contributed by atoms with E-state index in [1.54, 1.807) is 14.2 Å². The van der Waals surface area contributed by atoms with Gasteiger partial charge in [0.1, 0.15) is 17.3 Å². The van der Waals surface area contributed by atoms with Crippen molar-refractivity contribution < 1.29 is 9.47 Å². The van der Waals surface area contributed by atoms with E-state index in [1.165, 1.54) is 5.69 Å². The molecule has 0 aliphatic carbocycles. The Morgan fingerprint density at radius 1 is 1.25 bits per heavy atom. The number of aryl methyl sites for hydroxylation is 1. The first-order valence-corrected chi connectivity index (χ1v) is 6.75. The number of ether oxygens (including phenoxy) is 2. The first-order valence-electron chi connectivity index (χ1n) is 6.75. The van der Waals surface area contributed by atoms with Crippen molar-refractivity contribution >= 4 is 0 Å². The average Bonchev–Trinajstić information content (AvgIpc) is 2.82. The summed E-state index contributed by atoms with van der Waals surface area (Å²) in [4.78, 5) is 4.66. The summed E-state index contributed by atoms with van der Waals surface area (Å²) in [6, 6.07) is 5.83. The summed E-state index contributed by atoms with van der Waals surface area (Å²) in [7, 11) is 3.36. The number of fused-ring (bicyclic) bond motifs is 1. The van der Waals surface area contributed by atoms with Crippen molar-refractivity contribution in [1.82, 2.24) is 14.9 Å². The maximum atomic E-state index is 5.49. The standard InChI is InChI=1S/C15H19N3O2/c1-10-17-12-9-16-7-6-13(12)18(10)14-8-11(19-2)4-5-15(14)20-3/h4-5,8,16H,6-7,9H2,1-3H3. The summed E-state index contributed by atoms with van der Waals surface area (Å²) < 4.78 is 13.0. The van der Waals surface area contributed by atoms with Gasteiger partial charge in [0, 0.05) is 31.3 Å². The molecule has 2 aromatic rings. The van der Waals surface area contributed by atoms with Gasteiger partial charge >= 0.3 is 0 Å². The lowest BCUT2D eigenvalue weighted by atomic mass is 10.1. The van der Waals surface area contributed by atoms with Gasteiger partial charge in [-0.15, -0.1) is 0 Å². The summed E-state index contributed by atoms with van der Waals surface area (Å²) in [6.07, 6.45) is 0.969. The highest BCUT2D eigenvalue weighted by Gasteiger charge is 2.21. The van der Waals surface area contributed by atoms with E-state index in [2.05, 4.69) is 14.9 Å². The lowest BCUT2D eigenvalue weighted by Crippen LogP contribution is -2.24. The molecule has 20 heavy (non-hydrogen) atoms. The first kappa shape index (κ1) is 13.0. The quantitative estimate of drug-likeness (QED) is 0.927. The minimum atomic E-state index is 0.816. The van der Waals surface area contributed by atoms with Gasteiger partial charge in [-0.05, 0) is 19.1 Å². The van der Waals surface area contributed by atoms with Crippen molar-refractivity contribution in [1.29, 1.82) is 0 Å². The lowest BCUT2D eigenvalue weighted by Gasteiger charge is -2.18. The van der Waals surface area contributed by atoms with Crippen molar-refractivity contribution in [3.05, 3.63) is 35.4 Å². The minimum absolute atomic E-state index is 0.816. The Balaban J connectivity index is 2.19. The van der Waals surface area contributed by atoms with E-state index in [9.17, 15) is 0 Å². The molecule has 1 aromatic carbocycles. The second kappa shape index (κ2) is 5.17.